The van der Waals surface area contributed by atoms with Gasteiger partial charge in [0.1, 0.15) is 22.7 Å². The molecule has 0 spiro atoms. The number of hydrogen-bond acceptors (Lipinski definition) is 6. The second-order valence-corrected chi connectivity index (χ2v) is 9.20. The van der Waals surface area contributed by atoms with Gasteiger partial charge in [0, 0.05) is 19.1 Å². The minimum Gasteiger partial charge on any atom is -0.444 e. The highest BCUT2D eigenvalue weighted by Gasteiger charge is 2.36. The molecule has 1 fully saturated rings. The number of alkyl halides is 3. The van der Waals surface area contributed by atoms with Crippen molar-refractivity contribution in [1.82, 2.24) is 20.4 Å². The molecular formula is C23H26F4N4O4. The summed E-state index contributed by atoms with van der Waals surface area (Å²) in [6, 6.07) is 3.55. The van der Waals surface area contributed by atoms with E-state index in [-0.39, 0.29) is 12.3 Å². The molecule has 2 aromatic rings. The summed E-state index contributed by atoms with van der Waals surface area (Å²) in [5, 5.41) is 9.25. The minimum absolute atomic E-state index is 0.100. The molecule has 0 radical (unpaired) electrons. The van der Waals surface area contributed by atoms with Crippen molar-refractivity contribution in [1.29, 1.82) is 0 Å². The SMILES string of the molecule is Cc1cc(F)ccc1Oc1nnc(C(F)(F)F)cc1C(=O)N[C@@H]1CCCN(C(=O)OC(C)(C)C)C1. The number of aromatic nitrogens is 2. The number of rotatable bonds is 4. The smallest absolute Gasteiger partial charge is 0.435 e. The quantitative estimate of drug-likeness (QED) is 0.605. The Morgan fingerprint density at radius 1 is 1.14 bits per heavy atom. The van der Waals surface area contributed by atoms with Gasteiger partial charge in [0.15, 0.2) is 5.69 Å². The van der Waals surface area contributed by atoms with E-state index in [1.165, 1.54) is 24.0 Å². The summed E-state index contributed by atoms with van der Waals surface area (Å²) < 4.78 is 64.1. The zero-order chi connectivity index (χ0) is 26.0. The maximum Gasteiger partial charge on any atom is 0.435 e. The van der Waals surface area contributed by atoms with Gasteiger partial charge in [0.25, 0.3) is 11.8 Å². The van der Waals surface area contributed by atoms with Gasteiger partial charge in [0.2, 0.25) is 0 Å². The molecule has 12 heteroatoms. The number of nitrogens with zero attached hydrogens (tertiary/aromatic N) is 3. The number of aryl methyl sites for hydroxylation is 1. The van der Waals surface area contributed by atoms with E-state index < -0.39 is 52.8 Å². The van der Waals surface area contributed by atoms with Gasteiger partial charge in [-0.3, -0.25) is 4.79 Å². The van der Waals surface area contributed by atoms with Crippen molar-refractivity contribution in [3.8, 4) is 11.6 Å². The largest absolute Gasteiger partial charge is 0.444 e. The number of amides is 2. The molecular weight excluding hydrogens is 472 g/mol. The average Bonchev–Trinajstić information content (AvgIpc) is 2.74. The third kappa shape index (κ3) is 7.03. The van der Waals surface area contributed by atoms with E-state index in [9.17, 15) is 27.2 Å². The fourth-order valence-electron chi connectivity index (χ4n) is 3.44. The van der Waals surface area contributed by atoms with Crippen LogP contribution in [0, 0.1) is 12.7 Å². The van der Waals surface area contributed by atoms with Crippen molar-refractivity contribution < 1.29 is 36.6 Å². The van der Waals surface area contributed by atoms with Crippen molar-refractivity contribution in [2.45, 2.75) is 58.4 Å². The number of nitrogens with one attached hydrogen (secondary N) is 1. The lowest BCUT2D eigenvalue weighted by Crippen LogP contribution is -2.50. The van der Waals surface area contributed by atoms with Crippen LogP contribution in [-0.2, 0) is 10.9 Å². The van der Waals surface area contributed by atoms with Crippen LogP contribution in [0.3, 0.4) is 0 Å². The van der Waals surface area contributed by atoms with Crippen LogP contribution in [-0.4, -0.2) is 51.8 Å². The van der Waals surface area contributed by atoms with E-state index in [1.807, 2.05) is 0 Å². The predicted octanol–water partition coefficient (Wildman–Crippen LogP) is 4.86. The van der Waals surface area contributed by atoms with Crippen molar-refractivity contribution in [3.05, 3.63) is 46.9 Å². The molecule has 0 aliphatic carbocycles. The number of benzene rings is 1. The summed E-state index contributed by atoms with van der Waals surface area (Å²) in [6.07, 6.45) is -4.32. The molecule has 3 rings (SSSR count). The summed E-state index contributed by atoms with van der Waals surface area (Å²) in [5.74, 6) is -1.78. The molecule has 190 valence electrons. The number of carbonyl (C=O) groups excluding carboxylic acids is 2. The predicted molar refractivity (Wildman–Crippen MR) is 117 cm³/mol. The Labute approximate surface area is 199 Å². The third-order valence-electron chi connectivity index (χ3n) is 5.05. The maximum absolute atomic E-state index is 13.4. The second kappa shape index (κ2) is 10.0. The molecule has 8 nitrogen and oxygen atoms in total. The Kier molecular flexibility index (Phi) is 7.51. The van der Waals surface area contributed by atoms with Crippen molar-refractivity contribution in [2.24, 2.45) is 0 Å². The number of carbonyl (C=O) groups is 2. The lowest BCUT2D eigenvalue weighted by molar-refractivity contribution is -0.141. The van der Waals surface area contributed by atoms with Gasteiger partial charge in [-0.15, -0.1) is 10.2 Å². The van der Waals surface area contributed by atoms with Crippen LogP contribution >= 0.6 is 0 Å². The van der Waals surface area contributed by atoms with E-state index in [4.69, 9.17) is 9.47 Å². The van der Waals surface area contributed by atoms with Crippen molar-refractivity contribution in [3.63, 3.8) is 0 Å². The Balaban J connectivity index is 1.83. The van der Waals surface area contributed by atoms with Gasteiger partial charge >= 0.3 is 12.3 Å². The summed E-state index contributed by atoms with van der Waals surface area (Å²) in [7, 11) is 0. The first-order chi connectivity index (χ1) is 16.2. The van der Waals surface area contributed by atoms with Gasteiger partial charge in [-0.25, -0.2) is 9.18 Å². The highest BCUT2D eigenvalue weighted by molar-refractivity contribution is 5.96. The van der Waals surface area contributed by atoms with Gasteiger partial charge in [-0.1, -0.05) is 0 Å². The Hall–Kier alpha value is -3.44. The number of piperidine rings is 1. The lowest BCUT2D eigenvalue weighted by atomic mass is 10.1. The Morgan fingerprint density at radius 3 is 2.49 bits per heavy atom. The molecule has 35 heavy (non-hydrogen) atoms. The molecule has 1 aromatic heterocycles. The molecule has 0 saturated carbocycles. The zero-order valence-corrected chi connectivity index (χ0v) is 19.7. The van der Waals surface area contributed by atoms with Crippen LogP contribution in [0.25, 0.3) is 0 Å². The number of likely N-dealkylation sites (tertiary alicyclic amines) is 1. The summed E-state index contributed by atoms with van der Waals surface area (Å²) in [6.45, 7) is 7.27. The first kappa shape index (κ1) is 26.2. The highest BCUT2D eigenvalue weighted by Crippen LogP contribution is 2.32. The fraction of sp³-hybridized carbons (Fsp3) is 0.478. The van der Waals surface area contributed by atoms with Crippen LogP contribution < -0.4 is 10.1 Å². The van der Waals surface area contributed by atoms with E-state index in [1.54, 1.807) is 20.8 Å². The standard InChI is InChI=1S/C23H26F4N4O4/c1-13-10-14(24)7-8-17(13)34-20-16(11-18(29-30-20)23(25,26)27)19(32)28-15-6-5-9-31(12-15)21(33)35-22(2,3)4/h7-8,10-11,15H,5-6,9,12H2,1-4H3,(H,28,32)/t15-/m1/s1. The monoisotopic (exact) mass is 498 g/mol. The van der Waals surface area contributed by atoms with Crippen LogP contribution in [0.15, 0.2) is 24.3 Å². The van der Waals surface area contributed by atoms with Crippen molar-refractivity contribution in [2.75, 3.05) is 13.1 Å². The van der Waals surface area contributed by atoms with E-state index >= 15 is 0 Å². The Morgan fingerprint density at radius 2 is 1.86 bits per heavy atom. The number of halogens is 4. The van der Waals surface area contributed by atoms with Gasteiger partial charge < -0.3 is 19.7 Å². The zero-order valence-electron chi connectivity index (χ0n) is 19.7. The van der Waals surface area contributed by atoms with Gasteiger partial charge in [0.05, 0.1) is 0 Å². The van der Waals surface area contributed by atoms with E-state index in [0.29, 0.717) is 31.0 Å². The topological polar surface area (TPSA) is 93.6 Å². The molecule has 2 heterocycles. The molecule has 1 atom stereocenters. The van der Waals surface area contributed by atoms with Crippen molar-refractivity contribution >= 4 is 12.0 Å². The number of ether oxygens (including phenoxy) is 2. The third-order valence-corrected chi connectivity index (χ3v) is 5.05. The van der Waals surface area contributed by atoms with Crippen LogP contribution in [0.5, 0.6) is 11.6 Å². The Bertz CT molecular complexity index is 1100. The molecule has 1 aromatic carbocycles. The molecule has 1 saturated heterocycles. The summed E-state index contributed by atoms with van der Waals surface area (Å²) in [5.41, 5.74) is -2.22. The first-order valence-corrected chi connectivity index (χ1v) is 10.9. The van der Waals surface area contributed by atoms with Crippen LogP contribution in [0.2, 0.25) is 0 Å². The first-order valence-electron chi connectivity index (χ1n) is 10.9. The van der Waals surface area contributed by atoms with E-state index in [0.717, 1.165) is 6.07 Å². The minimum atomic E-state index is -4.84. The molecule has 1 N–H and O–H groups in total. The second-order valence-electron chi connectivity index (χ2n) is 9.20. The average molecular weight is 498 g/mol. The normalized spacial score (nSPS) is 16.6. The molecule has 0 bridgehead atoms. The van der Waals surface area contributed by atoms with Gasteiger partial charge in [-0.05, 0) is 70.4 Å². The van der Waals surface area contributed by atoms with Crippen LogP contribution in [0.4, 0.5) is 22.4 Å². The fourth-order valence-corrected chi connectivity index (χ4v) is 3.44. The van der Waals surface area contributed by atoms with Gasteiger partial charge in [-0.2, -0.15) is 13.2 Å². The summed E-state index contributed by atoms with van der Waals surface area (Å²) >= 11 is 0. The lowest BCUT2D eigenvalue weighted by Gasteiger charge is -2.34. The molecule has 1 aliphatic rings. The maximum atomic E-state index is 13.4. The number of hydrogen-bond donors (Lipinski definition) is 1. The van der Waals surface area contributed by atoms with Crippen LogP contribution in [0.1, 0.15) is 55.2 Å². The summed E-state index contributed by atoms with van der Waals surface area (Å²) in [4.78, 5) is 26.8. The van der Waals surface area contributed by atoms with E-state index in [2.05, 4.69) is 15.5 Å². The molecule has 2 amide bonds. The molecule has 0 unspecified atom stereocenters. The highest BCUT2D eigenvalue weighted by atomic mass is 19.4. The molecule has 1 aliphatic heterocycles.